The van der Waals surface area contributed by atoms with Crippen molar-refractivity contribution in [1.82, 2.24) is 41.5 Å². The molecule has 1 aromatic heterocycles. The number of nitrogens with one attached hydrogen (secondary N) is 4. The molecule has 4 N–H and O–H groups in total. The van der Waals surface area contributed by atoms with Crippen LogP contribution in [0.5, 0.6) is 0 Å². The van der Waals surface area contributed by atoms with Crippen LogP contribution in [0.3, 0.4) is 0 Å². The lowest BCUT2D eigenvalue weighted by atomic mass is 9.67. The van der Waals surface area contributed by atoms with E-state index in [4.69, 9.17) is 0 Å². The normalized spacial score (nSPS) is 24.6. The topological polar surface area (TPSA) is 152 Å². The largest absolute Gasteiger partial charge is 0.385 e. The van der Waals surface area contributed by atoms with E-state index in [9.17, 15) is 14.9 Å². The average molecular weight is 634 g/mol. The number of piperidine rings is 1. The van der Waals surface area contributed by atoms with Crippen LogP contribution in [0.2, 0.25) is 0 Å². The molecule has 0 bridgehead atoms. The second-order valence-electron chi connectivity index (χ2n) is 13.5. The molecule has 0 spiro atoms. The quantitative estimate of drug-likeness (QED) is 0.237. The Labute approximate surface area is 275 Å². The van der Waals surface area contributed by atoms with Gasteiger partial charge in [0.2, 0.25) is 5.91 Å². The molecule has 2 saturated carbocycles. The predicted molar refractivity (Wildman–Crippen MR) is 177 cm³/mol. The van der Waals surface area contributed by atoms with Crippen molar-refractivity contribution in [2.24, 2.45) is 11.8 Å². The molecule has 2 aromatic carbocycles. The highest BCUT2D eigenvalue weighted by atomic mass is 16.2. The highest BCUT2D eigenvalue weighted by Gasteiger charge is 2.54. The van der Waals surface area contributed by atoms with Crippen molar-refractivity contribution in [3.05, 3.63) is 82.2 Å². The number of H-pyrrole nitrogens is 1. The molecule has 1 aliphatic heterocycles. The van der Waals surface area contributed by atoms with Crippen LogP contribution in [0, 0.1) is 23.2 Å². The summed E-state index contributed by atoms with van der Waals surface area (Å²) >= 11 is 0. The molecule has 4 aliphatic rings. The Morgan fingerprint density at radius 1 is 1.06 bits per heavy atom. The number of carbonyl (C=O) groups is 2. The van der Waals surface area contributed by atoms with Gasteiger partial charge in [0.25, 0.3) is 5.91 Å². The van der Waals surface area contributed by atoms with E-state index < -0.39 is 5.41 Å². The molecule has 5 atom stereocenters. The molecule has 244 valence electrons. The fourth-order valence-electron chi connectivity index (χ4n) is 8.12. The third-order valence-corrected chi connectivity index (χ3v) is 10.6. The summed E-state index contributed by atoms with van der Waals surface area (Å²) in [6.07, 6.45) is 6.03. The fourth-order valence-corrected chi connectivity index (χ4v) is 8.12. The fraction of sp³-hybridized carbons (Fsp3) is 0.500. The molecule has 0 radical (unpaired) electrons. The molecule has 3 aromatic rings. The van der Waals surface area contributed by atoms with Gasteiger partial charge >= 0.3 is 0 Å². The minimum absolute atomic E-state index is 0.000587. The first-order valence-corrected chi connectivity index (χ1v) is 17.0. The van der Waals surface area contributed by atoms with E-state index in [2.05, 4.69) is 80.4 Å². The van der Waals surface area contributed by atoms with Crippen LogP contribution in [-0.2, 0) is 23.1 Å². The Hall–Kier alpha value is -4.56. The second kappa shape index (κ2) is 12.6. The third-order valence-electron chi connectivity index (χ3n) is 10.6. The van der Waals surface area contributed by atoms with E-state index in [1.54, 1.807) is 0 Å². The Balaban J connectivity index is 1.31. The zero-order valence-corrected chi connectivity index (χ0v) is 27.2. The molecule has 2 amide bonds. The molecule has 1 saturated heterocycles. The van der Waals surface area contributed by atoms with Gasteiger partial charge in [-0.25, -0.2) is 0 Å². The second-order valence-corrected chi connectivity index (χ2v) is 13.5. The van der Waals surface area contributed by atoms with Gasteiger partial charge in [-0.2, -0.15) is 10.5 Å². The number of nitriles is 1. The van der Waals surface area contributed by atoms with Gasteiger partial charge in [0.15, 0.2) is 5.82 Å². The number of amides is 2. The van der Waals surface area contributed by atoms with Gasteiger partial charge in [-0.3, -0.25) is 9.59 Å². The van der Waals surface area contributed by atoms with Crippen molar-refractivity contribution in [2.75, 3.05) is 19.6 Å². The molecule has 3 fully saturated rings. The van der Waals surface area contributed by atoms with Gasteiger partial charge in [-0.05, 0) is 117 Å². The van der Waals surface area contributed by atoms with Crippen LogP contribution < -0.4 is 16.0 Å². The lowest BCUT2D eigenvalue weighted by molar-refractivity contribution is -0.131. The van der Waals surface area contributed by atoms with Crippen LogP contribution in [0.4, 0.5) is 0 Å². The van der Waals surface area contributed by atoms with Crippen LogP contribution in [0.1, 0.15) is 90.0 Å². The summed E-state index contributed by atoms with van der Waals surface area (Å²) in [4.78, 5) is 28.4. The Morgan fingerprint density at radius 3 is 2.40 bits per heavy atom. The minimum atomic E-state index is -0.806. The number of carbonyl (C=O) groups excluding carboxylic acids is 2. The van der Waals surface area contributed by atoms with Crippen molar-refractivity contribution < 1.29 is 9.59 Å². The molecule has 11 heteroatoms. The minimum Gasteiger partial charge on any atom is -0.385 e. The molecular formula is C36H43N9O2. The van der Waals surface area contributed by atoms with Crippen LogP contribution in [-0.4, -0.2) is 75.1 Å². The summed E-state index contributed by atoms with van der Waals surface area (Å²) in [5.74, 6) is 1.33. The summed E-state index contributed by atoms with van der Waals surface area (Å²) < 4.78 is 0. The van der Waals surface area contributed by atoms with Crippen molar-refractivity contribution in [3.63, 3.8) is 0 Å². The Kier molecular flexibility index (Phi) is 8.30. The SMILES string of the molecule is C=C(NCC)c1ccc2c(c1)CCc1cc(C(=O)NCC)ccc1C2(C[C@@H](NCC(=O)N1C(C#N)C[C@@H]2C[C@@H]21)C1CC1)c1nn[nH]n1. The summed E-state index contributed by atoms with van der Waals surface area (Å²) in [7, 11) is 0. The first-order valence-electron chi connectivity index (χ1n) is 17.0. The molecule has 7 rings (SSSR count). The van der Waals surface area contributed by atoms with E-state index in [0.717, 1.165) is 73.0 Å². The number of hydrogen-bond donors (Lipinski definition) is 4. The van der Waals surface area contributed by atoms with Crippen molar-refractivity contribution >= 4 is 17.5 Å². The molecule has 3 aliphatic carbocycles. The maximum Gasteiger partial charge on any atom is 0.251 e. The highest BCUT2D eigenvalue weighted by molar-refractivity contribution is 5.94. The molecular weight excluding hydrogens is 590 g/mol. The first kappa shape index (κ1) is 31.1. The smallest absolute Gasteiger partial charge is 0.251 e. The number of rotatable bonds is 12. The number of aromatic amines is 1. The van der Waals surface area contributed by atoms with Gasteiger partial charge in [-0.15, -0.1) is 10.2 Å². The number of fused-ring (bicyclic) bond motifs is 3. The molecule has 11 nitrogen and oxygen atoms in total. The number of aromatic nitrogens is 4. The van der Waals surface area contributed by atoms with Crippen molar-refractivity contribution in [1.29, 1.82) is 5.26 Å². The number of hydrogen-bond acceptors (Lipinski definition) is 8. The Morgan fingerprint density at radius 2 is 1.77 bits per heavy atom. The summed E-state index contributed by atoms with van der Waals surface area (Å²) in [5, 5.41) is 35.8. The van der Waals surface area contributed by atoms with E-state index in [0.29, 0.717) is 36.2 Å². The van der Waals surface area contributed by atoms with Crippen molar-refractivity contribution in [2.45, 2.75) is 82.3 Å². The van der Waals surface area contributed by atoms with Gasteiger partial charge < -0.3 is 20.9 Å². The van der Waals surface area contributed by atoms with Gasteiger partial charge in [0, 0.05) is 36.4 Å². The van der Waals surface area contributed by atoms with Gasteiger partial charge in [0.1, 0.15) is 6.04 Å². The number of benzene rings is 2. The van der Waals surface area contributed by atoms with Gasteiger partial charge in [-0.1, -0.05) is 30.0 Å². The maximum absolute atomic E-state index is 13.6. The first-order chi connectivity index (χ1) is 22.9. The predicted octanol–water partition coefficient (Wildman–Crippen LogP) is 3.23. The number of tetrazole rings is 1. The zero-order chi connectivity index (χ0) is 32.7. The van der Waals surface area contributed by atoms with Crippen LogP contribution >= 0.6 is 0 Å². The number of likely N-dealkylation sites (tertiary alicyclic amines) is 1. The molecule has 2 unspecified atom stereocenters. The van der Waals surface area contributed by atoms with Crippen molar-refractivity contribution in [3.8, 4) is 6.07 Å². The number of aryl methyl sites for hydroxylation is 2. The third kappa shape index (κ3) is 5.69. The van der Waals surface area contributed by atoms with E-state index in [-0.39, 0.29) is 36.5 Å². The summed E-state index contributed by atoms with van der Waals surface area (Å²) in [6, 6.07) is 14.7. The monoisotopic (exact) mass is 633 g/mol. The van der Waals surface area contributed by atoms with Crippen LogP contribution in [0.15, 0.2) is 43.0 Å². The van der Waals surface area contributed by atoms with E-state index in [1.165, 1.54) is 5.56 Å². The van der Waals surface area contributed by atoms with E-state index >= 15 is 0 Å². The standard InChI is InChI=1S/C36H43N9O2/c1-4-38-21(3)23-10-12-29-24(14-23)8-9-25-15-26(34(47)39-5-2)11-13-30(25)36(29,35-41-43-44-42-35)18-31(22-6-7-22)40-20-33(46)45-28(19-37)16-27-17-32(27)45/h10-15,22,27-28,31-32,38,40H,3-9,16-18,20H2,1-2H3,(H,39,47)(H,41,42,43,44)/t27-,28?,31-,32+,36?/m1/s1. The lowest BCUT2D eigenvalue weighted by Crippen LogP contribution is -2.48. The summed E-state index contributed by atoms with van der Waals surface area (Å²) in [6.45, 7) is 9.76. The van der Waals surface area contributed by atoms with Crippen LogP contribution in [0.25, 0.3) is 5.70 Å². The van der Waals surface area contributed by atoms with E-state index in [1.807, 2.05) is 24.0 Å². The maximum atomic E-state index is 13.6. The summed E-state index contributed by atoms with van der Waals surface area (Å²) in [5.41, 5.74) is 6.10. The zero-order valence-electron chi connectivity index (χ0n) is 27.2. The highest BCUT2D eigenvalue weighted by Crippen LogP contribution is 2.50. The average Bonchev–Trinajstić information content (AvgIpc) is 3.99. The molecule has 47 heavy (non-hydrogen) atoms. The Bertz CT molecular complexity index is 1650. The number of nitrogens with zero attached hydrogens (tertiary/aromatic N) is 5. The van der Waals surface area contributed by atoms with Gasteiger partial charge in [0.05, 0.1) is 18.0 Å². The molecule has 2 heterocycles. The lowest BCUT2D eigenvalue weighted by Gasteiger charge is -2.37.